The average Bonchev–Trinajstić information content (AvgIpc) is 3.15. The fraction of sp³-hybridized carbons (Fsp3) is 0.667. The van der Waals surface area contributed by atoms with E-state index >= 15 is 0 Å². The van der Waals surface area contributed by atoms with E-state index in [0.717, 1.165) is 38.1 Å². The zero-order valence-corrected chi connectivity index (χ0v) is 15.0. The summed E-state index contributed by atoms with van der Waals surface area (Å²) in [7, 11) is 0. The number of nitrogens with zero attached hydrogens (tertiary/aromatic N) is 2. The minimum absolute atomic E-state index is 0.150. The SMILES string of the molecule is CC(C)C1COC2(CCN(Cc3cccnc3)C2)C1.O=C(O)C(F)(F)F. The van der Waals surface area contributed by atoms with Crippen LogP contribution in [0.5, 0.6) is 0 Å². The van der Waals surface area contributed by atoms with E-state index in [1.165, 1.54) is 18.4 Å². The number of halogens is 3. The summed E-state index contributed by atoms with van der Waals surface area (Å²) in [6.07, 6.45) is 1.16. The molecule has 2 aliphatic rings. The van der Waals surface area contributed by atoms with Crippen molar-refractivity contribution in [2.75, 3.05) is 19.7 Å². The van der Waals surface area contributed by atoms with Crippen molar-refractivity contribution in [2.24, 2.45) is 11.8 Å². The van der Waals surface area contributed by atoms with Gasteiger partial charge in [-0.15, -0.1) is 0 Å². The zero-order valence-electron chi connectivity index (χ0n) is 15.0. The Labute approximate surface area is 151 Å². The van der Waals surface area contributed by atoms with E-state index in [-0.39, 0.29) is 5.60 Å². The molecule has 3 heterocycles. The van der Waals surface area contributed by atoms with E-state index in [4.69, 9.17) is 14.6 Å². The van der Waals surface area contributed by atoms with Crippen LogP contribution < -0.4 is 0 Å². The number of alkyl halides is 3. The van der Waals surface area contributed by atoms with Crippen LogP contribution in [-0.2, 0) is 16.1 Å². The molecule has 0 aromatic carbocycles. The highest BCUT2D eigenvalue weighted by Crippen LogP contribution is 2.40. The molecule has 0 radical (unpaired) electrons. The van der Waals surface area contributed by atoms with E-state index in [2.05, 4.69) is 29.8 Å². The number of aliphatic carboxylic acids is 1. The number of carboxylic acids is 1. The molecule has 2 fully saturated rings. The Bertz CT molecular complexity index is 595. The molecular weight excluding hydrogens is 349 g/mol. The predicted octanol–water partition coefficient (Wildman–Crippen LogP) is 3.35. The molecule has 26 heavy (non-hydrogen) atoms. The lowest BCUT2D eigenvalue weighted by Crippen LogP contribution is -2.32. The van der Waals surface area contributed by atoms with Crippen LogP contribution in [-0.4, -0.2) is 52.4 Å². The number of aromatic nitrogens is 1. The largest absolute Gasteiger partial charge is 0.490 e. The molecule has 0 amide bonds. The van der Waals surface area contributed by atoms with Crippen molar-refractivity contribution < 1.29 is 27.8 Å². The molecule has 5 nitrogen and oxygen atoms in total. The lowest BCUT2D eigenvalue weighted by molar-refractivity contribution is -0.192. The van der Waals surface area contributed by atoms with Gasteiger partial charge >= 0.3 is 12.1 Å². The second kappa shape index (κ2) is 8.35. The van der Waals surface area contributed by atoms with Crippen LogP contribution in [0, 0.1) is 11.8 Å². The molecule has 3 rings (SSSR count). The molecule has 0 aliphatic carbocycles. The van der Waals surface area contributed by atoms with Gasteiger partial charge in [0.2, 0.25) is 0 Å². The van der Waals surface area contributed by atoms with E-state index in [1.54, 1.807) is 0 Å². The molecule has 2 unspecified atom stereocenters. The van der Waals surface area contributed by atoms with Gasteiger partial charge in [-0.1, -0.05) is 19.9 Å². The molecule has 2 atom stereocenters. The molecule has 146 valence electrons. The van der Waals surface area contributed by atoms with Gasteiger partial charge < -0.3 is 9.84 Å². The monoisotopic (exact) mass is 374 g/mol. The molecule has 0 saturated carbocycles. The Balaban J connectivity index is 0.000000298. The number of ether oxygens (including phenoxy) is 1. The minimum atomic E-state index is -5.08. The fourth-order valence-electron chi connectivity index (χ4n) is 3.40. The van der Waals surface area contributed by atoms with Crippen LogP contribution in [0.15, 0.2) is 24.5 Å². The maximum absolute atomic E-state index is 10.6. The van der Waals surface area contributed by atoms with Gasteiger partial charge in [-0.25, -0.2) is 4.79 Å². The van der Waals surface area contributed by atoms with Crippen molar-refractivity contribution in [1.82, 2.24) is 9.88 Å². The maximum atomic E-state index is 10.6. The first-order valence-electron chi connectivity index (χ1n) is 8.67. The summed E-state index contributed by atoms with van der Waals surface area (Å²) < 4.78 is 37.9. The normalized spacial score (nSPS) is 26.2. The second-order valence-corrected chi connectivity index (χ2v) is 7.33. The van der Waals surface area contributed by atoms with Gasteiger partial charge in [0.05, 0.1) is 12.2 Å². The summed E-state index contributed by atoms with van der Waals surface area (Å²) >= 11 is 0. The Hall–Kier alpha value is -1.67. The first kappa shape index (κ1) is 20.6. The lowest BCUT2D eigenvalue weighted by atomic mass is 9.87. The molecule has 2 saturated heterocycles. The van der Waals surface area contributed by atoms with Crippen molar-refractivity contribution in [2.45, 2.75) is 45.0 Å². The van der Waals surface area contributed by atoms with E-state index < -0.39 is 12.1 Å². The van der Waals surface area contributed by atoms with E-state index in [0.29, 0.717) is 0 Å². The average molecular weight is 374 g/mol. The third-order valence-electron chi connectivity index (χ3n) is 4.95. The zero-order chi connectivity index (χ0) is 19.4. The second-order valence-electron chi connectivity index (χ2n) is 7.33. The molecule has 1 aromatic heterocycles. The van der Waals surface area contributed by atoms with Gasteiger partial charge in [0, 0.05) is 32.0 Å². The smallest absolute Gasteiger partial charge is 0.475 e. The minimum Gasteiger partial charge on any atom is -0.475 e. The van der Waals surface area contributed by atoms with Crippen LogP contribution in [0.1, 0.15) is 32.3 Å². The van der Waals surface area contributed by atoms with Crippen LogP contribution in [0.3, 0.4) is 0 Å². The highest BCUT2D eigenvalue weighted by atomic mass is 19.4. The van der Waals surface area contributed by atoms with Gasteiger partial charge in [-0.3, -0.25) is 9.88 Å². The summed E-state index contributed by atoms with van der Waals surface area (Å²) in [5.74, 6) is -1.27. The standard InChI is InChI=1S/C16H24N2O.C2HF3O2/c1-13(2)15-8-16(19-11-15)5-7-18(12-16)10-14-4-3-6-17-9-14;3-2(4,5)1(6)7/h3-4,6,9,13,15H,5,7-8,10-12H2,1-2H3;(H,6,7). The van der Waals surface area contributed by atoms with E-state index in [1.807, 2.05) is 18.5 Å². The predicted molar refractivity (Wildman–Crippen MR) is 89.4 cm³/mol. The van der Waals surface area contributed by atoms with Crippen molar-refractivity contribution in [1.29, 1.82) is 0 Å². The topological polar surface area (TPSA) is 62.7 Å². The molecular formula is C18H25F3N2O3. The quantitative estimate of drug-likeness (QED) is 0.879. The number of hydrogen-bond acceptors (Lipinski definition) is 4. The number of likely N-dealkylation sites (tertiary alicyclic amines) is 1. The molecule has 2 aliphatic heterocycles. The molecule has 0 bridgehead atoms. The Morgan fingerprint density at radius 2 is 2.19 bits per heavy atom. The Morgan fingerprint density at radius 1 is 1.50 bits per heavy atom. The summed E-state index contributed by atoms with van der Waals surface area (Å²) in [4.78, 5) is 15.6. The molecule has 1 N–H and O–H groups in total. The van der Waals surface area contributed by atoms with Crippen molar-refractivity contribution in [3.63, 3.8) is 0 Å². The number of pyridine rings is 1. The number of rotatable bonds is 3. The van der Waals surface area contributed by atoms with Gasteiger partial charge in [-0.05, 0) is 36.3 Å². The maximum Gasteiger partial charge on any atom is 0.490 e. The van der Waals surface area contributed by atoms with Crippen molar-refractivity contribution in [3.8, 4) is 0 Å². The van der Waals surface area contributed by atoms with Crippen LogP contribution in [0.4, 0.5) is 13.2 Å². The third-order valence-corrected chi connectivity index (χ3v) is 4.95. The van der Waals surface area contributed by atoms with Crippen LogP contribution in [0.2, 0.25) is 0 Å². The first-order chi connectivity index (χ1) is 12.1. The number of hydrogen-bond donors (Lipinski definition) is 1. The highest BCUT2D eigenvalue weighted by molar-refractivity contribution is 5.73. The Kier molecular flexibility index (Phi) is 6.63. The molecule has 8 heteroatoms. The number of carboxylic acid groups (broad SMARTS) is 1. The van der Waals surface area contributed by atoms with E-state index in [9.17, 15) is 13.2 Å². The summed E-state index contributed by atoms with van der Waals surface area (Å²) in [5, 5.41) is 7.12. The van der Waals surface area contributed by atoms with Crippen molar-refractivity contribution in [3.05, 3.63) is 30.1 Å². The molecule has 1 spiro atoms. The lowest BCUT2D eigenvalue weighted by Gasteiger charge is -2.24. The van der Waals surface area contributed by atoms with Gasteiger partial charge in [-0.2, -0.15) is 13.2 Å². The number of carbonyl (C=O) groups is 1. The highest BCUT2D eigenvalue weighted by Gasteiger charge is 2.45. The molecule has 1 aromatic rings. The van der Waals surface area contributed by atoms with Gasteiger partial charge in [0.1, 0.15) is 0 Å². The first-order valence-corrected chi connectivity index (χ1v) is 8.67. The van der Waals surface area contributed by atoms with Crippen LogP contribution >= 0.6 is 0 Å². The summed E-state index contributed by atoms with van der Waals surface area (Å²) in [5.41, 5.74) is 1.45. The Morgan fingerprint density at radius 3 is 2.69 bits per heavy atom. The van der Waals surface area contributed by atoms with Crippen molar-refractivity contribution >= 4 is 5.97 Å². The third kappa shape index (κ3) is 5.67. The van der Waals surface area contributed by atoms with Gasteiger partial charge in [0.25, 0.3) is 0 Å². The van der Waals surface area contributed by atoms with Gasteiger partial charge in [0.15, 0.2) is 0 Å². The van der Waals surface area contributed by atoms with Crippen LogP contribution in [0.25, 0.3) is 0 Å². The fourth-order valence-corrected chi connectivity index (χ4v) is 3.40. The summed E-state index contributed by atoms with van der Waals surface area (Å²) in [6, 6.07) is 4.17. The summed E-state index contributed by atoms with van der Waals surface area (Å²) in [6.45, 7) is 8.83.